The van der Waals surface area contributed by atoms with Crippen LogP contribution in [0.5, 0.6) is 5.75 Å². The quantitative estimate of drug-likeness (QED) is 0.450. The van der Waals surface area contributed by atoms with Crippen LogP contribution in [-0.4, -0.2) is 55.7 Å². The van der Waals surface area contributed by atoms with Gasteiger partial charge in [-0.1, -0.05) is 26.0 Å². The molecule has 0 unspecified atom stereocenters. The third-order valence-corrected chi connectivity index (χ3v) is 3.68. The minimum atomic E-state index is 0. The van der Waals surface area contributed by atoms with Crippen LogP contribution >= 0.6 is 24.0 Å². The maximum atomic E-state index is 9.94. The minimum Gasteiger partial charge on any atom is -0.506 e. The van der Waals surface area contributed by atoms with E-state index in [4.69, 9.17) is 0 Å². The predicted octanol–water partition coefficient (Wildman–Crippen LogP) is 2.36. The Hall–Kier alpha value is -1.18. The molecule has 0 aromatic heterocycles. The minimum absolute atomic E-state index is 0. The van der Waals surface area contributed by atoms with Crippen LogP contribution in [0.15, 0.2) is 29.3 Å². The third-order valence-electron chi connectivity index (χ3n) is 3.68. The lowest BCUT2D eigenvalue weighted by Gasteiger charge is -2.38. The number of aromatic hydroxyl groups is 1. The van der Waals surface area contributed by atoms with E-state index in [0.717, 1.165) is 44.4 Å². The van der Waals surface area contributed by atoms with Gasteiger partial charge in [0.25, 0.3) is 0 Å². The Kier molecular flexibility index (Phi) is 7.78. The highest BCUT2D eigenvalue weighted by Crippen LogP contribution is 2.27. The van der Waals surface area contributed by atoms with Gasteiger partial charge in [0.2, 0.25) is 0 Å². The fourth-order valence-corrected chi connectivity index (χ4v) is 2.52. The first-order valence-electron chi connectivity index (χ1n) is 7.60. The molecule has 1 aliphatic rings. The second-order valence-corrected chi connectivity index (χ2v) is 5.78. The zero-order chi connectivity index (χ0) is 15.2. The van der Waals surface area contributed by atoms with Crippen LogP contribution in [0.1, 0.15) is 13.8 Å². The van der Waals surface area contributed by atoms with Crippen molar-refractivity contribution in [1.82, 2.24) is 10.2 Å². The molecule has 0 spiro atoms. The number of nitrogens with one attached hydrogen (secondary N) is 1. The van der Waals surface area contributed by atoms with Crippen molar-refractivity contribution < 1.29 is 5.11 Å². The lowest BCUT2D eigenvalue weighted by atomic mass is 10.2. The Morgan fingerprint density at radius 2 is 1.86 bits per heavy atom. The molecule has 22 heavy (non-hydrogen) atoms. The first kappa shape index (κ1) is 18.9. The van der Waals surface area contributed by atoms with E-state index < -0.39 is 0 Å². The van der Waals surface area contributed by atoms with Gasteiger partial charge in [-0.3, -0.25) is 4.99 Å². The van der Waals surface area contributed by atoms with Gasteiger partial charge in [-0.15, -0.1) is 24.0 Å². The molecule has 0 saturated carbocycles. The molecule has 0 bridgehead atoms. The summed E-state index contributed by atoms with van der Waals surface area (Å²) >= 11 is 0. The molecule has 2 N–H and O–H groups in total. The fraction of sp³-hybridized carbons (Fsp3) is 0.562. The summed E-state index contributed by atoms with van der Waals surface area (Å²) in [5.41, 5.74) is 0.919. The van der Waals surface area contributed by atoms with Crippen LogP contribution in [0.4, 0.5) is 5.69 Å². The monoisotopic (exact) mass is 418 g/mol. The molecule has 2 rings (SSSR count). The average Bonchev–Trinajstić information content (AvgIpc) is 2.49. The molecule has 124 valence electrons. The number of rotatable bonds is 3. The van der Waals surface area contributed by atoms with E-state index in [-0.39, 0.29) is 24.0 Å². The summed E-state index contributed by atoms with van der Waals surface area (Å²) in [5, 5.41) is 13.4. The first-order valence-corrected chi connectivity index (χ1v) is 7.60. The third kappa shape index (κ3) is 4.93. The van der Waals surface area contributed by atoms with E-state index in [1.807, 2.05) is 25.2 Å². The van der Waals surface area contributed by atoms with Crippen molar-refractivity contribution in [2.75, 3.05) is 44.7 Å². The van der Waals surface area contributed by atoms with Crippen molar-refractivity contribution in [1.29, 1.82) is 0 Å². The molecular weight excluding hydrogens is 391 g/mol. The fourth-order valence-electron chi connectivity index (χ4n) is 2.52. The highest BCUT2D eigenvalue weighted by Gasteiger charge is 2.21. The van der Waals surface area contributed by atoms with Crippen LogP contribution in [0.3, 0.4) is 0 Å². The summed E-state index contributed by atoms with van der Waals surface area (Å²) < 4.78 is 0. The average molecular weight is 418 g/mol. The topological polar surface area (TPSA) is 51.1 Å². The second kappa shape index (κ2) is 9.07. The van der Waals surface area contributed by atoms with Gasteiger partial charge in [0, 0.05) is 39.8 Å². The standard InChI is InChI=1S/C16H26N4O.HI/c1-13(2)12-18-16(17-3)20-10-8-19(9-11-20)14-6-4-5-7-15(14)21;/h4-7,13,21H,8-12H2,1-3H3,(H,17,18);1H. The van der Waals surface area contributed by atoms with E-state index in [2.05, 4.69) is 34.0 Å². The summed E-state index contributed by atoms with van der Waals surface area (Å²) in [6, 6.07) is 7.53. The Morgan fingerprint density at radius 1 is 1.23 bits per heavy atom. The number of nitrogens with zero attached hydrogens (tertiary/aromatic N) is 3. The zero-order valence-corrected chi connectivity index (χ0v) is 15.9. The molecule has 1 aromatic carbocycles. The van der Waals surface area contributed by atoms with Gasteiger partial charge >= 0.3 is 0 Å². The van der Waals surface area contributed by atoms with Gasteiger partial charge in [-0.2, -0.15) is 0 Å². The summed E-state index contributed by atoms with van der Waals surface area (Å²) in [4.78, 5) is 8.86. The smallest absolute Gasteiger partial charge is 0.193 e. The maximum absolute atomic E-state index is 9.94. The number of piperazine rings is 1. The number of benzene rings is 1. The van der Waals surface area contributed by atoms with Gasteiger partial charge in [-0.05, 0) is 18.1 Å². The Labute approximate surface area is 150 Å². The van der Waals surface area contributed by atoms with Crippen molar-refractivity contribution in [2.45, 2.75) is 13.8 Å². The summed E-state index contributed by atoms with van der Waals surface area (Å²) in [6.07, 6.45) is 0. The van der Waals surface area contributed by atoms with Crippen LogP contribution in [-0.2, 0) is 0 Å². The van der Waals surface area contributed by atoms with Crippen molar-refractivity contribution in [3.05, 3.63) is 24.3 Å². The molecule has 5 nitrogen and oxygen atoms in total. The molecular formula is C16H27IN4O. The SMILES string of the molecule is CN=C(NCC(C)C)N1CCN(c2ccccc2O)CC1.I. The van der Waals surface area contributed by atoms with Crippen LogP contribution in [0.2, 0.25) is 0 Å². The number of halogens is 1. The number of guanidine groups is 1. The van der Waals surface area contributed by atoms with E-state index in [1.165, 1.54) is 0 Å². The lowest BCUT2D eigenvalue weighted by Crippen LogP contribution is -2.53. The van der Waals surface area contributed by atoms with Crippen molar-refractivity contribution in [2.24, 2.45) is 10.9 Å². The Balaban J connectivity index is 0.00000242. The second-order valence-electron chi connectivity index (χ2n) is 5.78. The molecule has 0 radical (unpaired) electrons. The van der Waals surface area contributed by atoms with E-state index in [1.54, 1.807) is 6.07 Å². The van der Waals surface area contributed by atoms with Crippen molar-refractivity contribution >= 4 is 35.6 Å². The molecule has 1 fully saturated rings. The first-order chi connectivity index (χ1) is 10.1. The zero-order valence-electron chi connectivity index (χ0n) is 13.6. The number of phenolic OH excluding ortho intramolecular Hbond substituents is 1. The molecule has 1 aromatic rings. The van der Waals surface area contributed by atoms with E-state index in [0.29, 0.717) is 11.7 Å². The summed E-state index contributed by atoms with van der Waals surface area (Å²) in [6.45, 7) is 8.91. The van der Waals surface area contributed by atoms with Gasteiger partial charge < -0.3 is 20.2 Å². The summed E-state index contributed by atoms with van der Waals surface area (Å²) in [7, 11) is 1.83. The van der Waals surface area contributed by atoms with Gasteiger partial charge in [0.1, 0.15) is 5.75 Å². The number of aliphatic imine (C=N–C) groups is 1. The van der Waals surface area contributed by atoms with Gasteiger partial charge in [-0.25, -0.2) is 0 Å². The number of anilines is 1. The summed E-state index contributed by atoms with van der Waals surface area (Å²) in [5.74, 6) is 1.93. The molecule has 0 amide bonds. The number of hydrogen-bond donors (Lipinski definition) is 2. The van der Waals surface area contributed by atoms with E-state index in [9.17, 15) is 5.11 Å². The molecule has 6 heteroatoms. The van der Waals surface area contributed by atoms with Crippen molar-refractivity contribution in [3.8, 4) is 5.75 Å². The molecule has 0 aliphatic carbocycles. The van der Waals surface area contributed by atoms with Crippen LogP contribution in [0, 0.1) is 5.92 Å². The lowest BCUT2D eigenvalue weighted by molar-refractivity contribution is 0.367. The highest BCUT2D eigenvalue weighted by molar-refractivity contribution is 14.0. The Morgan fingerprint density at radius 3 is 2.41 bits per heavy atom. The maximum Gasteiger partial charge on any atom is 0.193 e. The van der Waals surface area contributed by atoms with Gasteiger partial charge in [0.15, 0.2) is 5.96 Å². The number of para-hydroxylation sites is 2. The number of phenols is 1. The number of hydrogen-bond acceptors (Lipinski definition) is 3. The normalized spacial score (nSPS) is 15.7. The van der Waals surface area contributed by atoms with E-state index >= 15 is 0 Å². The molecule has 0 atom stereocenters. The highest BCUT2D eigenvalue weighted by atomic mass is 127. The van der Waals surface area contributed by atoms with Crippen molar-refractivity contribution in [3.63, 3.8) is 0 Å². The molecule has 1 heterocycles. The largest absolute Gasteiger partial charge is 0.506 e. The van der Waals surface area contributed by atoms with Crippen LogP contribution in [0.25, 0.3) is 0 Å². The predicted molar refractivity (Wildman–Crippen MR) is 104 cm³/mol. The van der Waals surface area contributed by atoms with Gasteiger partial charge in [0.05, 0.1) is 5.69 Å². The van der Waals surface area contributed by atoms with Crippen LogP contribution < -0.4 is 10.2 Å². The molecule has 1 aliphatic heterocycles. The Bertz CT molecular complexity index is 485. The molecule has 1 saturated heterocycles.